The molecule has 1 saturated heterocycles. The predicted octanol–water partition coefficient (Wildman–Crippen LogP) is 1.93. The maximum absolute atomic E-state index is 12.9. The highest BCUT2D eigenvalue weighted by Crippen LogP contribution is 2.14. The summed E-state index contributed by atoms with van der Waals surface area (Å²) in [5, 5.41) is 8.65. The van der Waals surface area contributed by atoms with Gasteiger partial charge in [0.15, 0.2) is 0 Å². The third kappa shape index (κ3) is 4.14. The largest absolute Gasteiger partial charge is 0.336 e. The van der Waals surface area contributed by atoms with Crippen LogP contribution in [0.4, 0.5) is 0 Å². The van der Waals surface area contributed by atoms with Gasteiger partial charge in [0.05, 0.1) is 12.2 Å². The van der Waals surface area contributed by atoms with Crippen LogP contribution in [0.25, 0.3) is 0 Å². The monoisotopic (exact) mass is 378 g/mol. The smallest absolute Gasteiger partial charge is 0.253 e. The fraction of sp³-hybridized carbons (Fsp3) is 0.381. The first-order valence-electron chi connectivity index (χ1n) is 9.65. The first kappa shape index (κ1) is 18.4. The van der Waals surface area contributed by atoms with Crippen LogP contribution in [0.1, 0.15) is 27.2 Å². The number of piperazine rings is 1. The Hall–Kier alpha value is -2.93. The average Bonchev–Trinajstić information content (AvgIpc) is 3.31. The number of amides is 1. The lowest BCUT2D eigenvalue weighted by atomic mass is 10.1. The molecule has 1 aromatic carbocycles. The lowest BCUT2D eigenvalue weighted by Gasteiger charge is -2.34. The van der Waals surface area contributed by atoms with Crippen molar-refractivity contribution < 1.29 is 4.79 Å². The van der Waals surface area contributed by atoms with Gasteiger partial charge in [0.2, 0.25) is 0 Å². The molecule has 0 aliphatic carbocycles. The second-order valence-electron chi connectivity index (χ2n) is 7.39. The van der Waals surface area contributed by atoms with Gasteiger partial charge in [0, 0.05) is 69.5 Å². The number of hydrogen-bond acceptors (Lipinski definition) is 4. The third-order valence-electron chi connectivity index (χ3n) is 5.25. The Bertz CT molecular complexity index is 938. The van der Waals surface area contributed by atoms with Crippen molar-refractivity contribution in [3.8, 4) is 0 Å². The molecular formula is C21H26N6O. The fourth-order valence-corrected chi connectivity index (χ4v) is 3.72. The summed E-state index contributed by atoms with van der Waals surface area (Å²) in [6.45, 7) is 6.88. The molecular weight excluding hydrogens is 352 g/mol. The van der Waals surface area contributed by atoms with Gasteiger partial charge >= 0.3 is 0 Å². The molecule has 1 amide bonds. The molecule has 4 rings (SSSR count). The molecule has 0 unspecified atom stereocenters. The second-order valence-corrected chi connectivity index (χ2v) is 7.39. The highest BCUT2D eigenvalue weighted by Gasteiger charge is 2.23. The number of rotatable bonds is 5. The van der Waals surface area contributed by atoms with Gasteiger partial charge in [0.1, 0.15) is 0 Å². The Labute approximate surface area is 165 Å². The lowest BCUT2D eigenvalue weighted by molar-refractivity contribution is 0.0628. The van der Waals surface area contributed by atoms with Gasteiger partial charge in [-0.15, -0.1) is 0 Å². The number of aryl methyl sites for hydroxylation is 2. The van der Waals surface area contributed by atoms with Crippen molar-refractivity contribution >= 4 is 5.91 Å². The number of aromatic nitrogens is 4. The summed E-state index contributed by atoms with van der Waals surface area (Å²) < 4.78 is 3.73. The summed E-state index contributed by atoms with van der Waals surface area (Å²) in [5.74, 6) is 0.111. The number of carbonyl (C=O) groups excluding carboxylic acids is 1. The van der Waals surface area contributed by atoms with Crippen LogP contribution in [0.15, 0.2) is 48.9 Å². The number of benzene rings is 1. The maximum Gasteiger partial charge on any atom is 0.253 e. The van der Waals surface area contributed by atoms with E-state index in [-0.39, 0.29) is 5.91 Å². The van der Waals surface area contributed by atoms with Crippen molar-refractivity contribution in [1.29, 1.82) is 0 Å². The predicted molar refractivity (Wildman–Crippen MR) is 107 cm³/mol. The topological polar surface area (TPSA) is 59.2 Å². The van der Waals surface area contributed by atoms with Crippen molar-refractivity contribution in [2.75, 3.05) is 26.2 Å². The minimum absolute atomic E-state index is 0.111. The third-order valence-corrected chi connectivity index (χ3v) is 5.25. The van der Waals surface area contributed by atoms with Crippen LogP contribution in [-0.2, 0) is 20.1 Å². The molecule has 1 aliphatic rings. The highest BCUT2D eigenvalue weighted by atomic mass is 16.2. The molecule has 1 aliphatic heterocycles. The summed E-state index contributed by atoms with van der Waals surface area (Å²) in [7, 11) is 1.95. The molecule has 0 saturated carbocycles. The molecule has 3 aromatic rings. The Morgan fingerprint density at radius 2 is 1.93 bits per heavy atom. The second kappa shape index (κ2) is 7.98. The van der Waals surface area contributed by atoms with Crippen LogP contribution in [0.3, 0.4) is 0 Å². The van der Waals surface area contributed by atoms with E-state index in [2.05, 4.69) is 21.3 Å². The molecule has 0 spiro atoms. The van der Waals surface area contributed by atoms with E-state index in [0.717, 1.165) is 49.5 Å². The Morgan fingerprint density at radius 1 is 1.11 bits per heavy atom. The molecule has 146 valence electrons. The van der Waals surface area contributed by atoms with E-state index in [0.29, 0.717) is 6.54 Å². The SMILES string of the molecule is Cc1nn(C)cc1CN1CCN(C(=O)c2cccc(Cn3cccn3)c2)CC1. The molecule has 7 nitrogen and oxygen atoms in total. The first-order chi connectivity index (χ1) is 13.6. The van der Waals surface area contributed by atoms with E-state index in [4.69, 9.17) is 0 Å². The molecule has 28 heavy (non-hydrogen) atoms. The van der Waals surface area contributed by atoms with Crippen LogP contribution in [-0.4, -0.2) is 61.4 Å². The van der Waals surface area contributed by atoms with Crippen LogP contribution < -0.4 is 0 Å². The number of carbonyl (C=O) groups is 1. The molecule has 0 N–H and O–H groups in total. The molecule has 0 bridgehead atoms. The van der Waals surface area contributed by atoms with Crippen molar-refractivity contribution in [1.82, 2.24) is 29.4 Å². The van der Waals surface area contributed by atoms with Crippen LogP contribution in [0, 0.1) is 6.92 Å². The first-order valence-corrected chi connectivity index (χ1v) is 9.65. The Balaban J connectivity index is 1.35. The van der Waals surface area contributed by atoms with E-state index >= 15 is 0 Å². The van der Waals surface area contributed by atoms with E-state index in [1.807, 2.05) is 64.8 Å². The lowest BCUT2D eigenvalue weighted by Crippen LogP contribution is -2.48. The van der Waals surface area contributed by atoms with Gasteiger partial charge in [-0.25, -0.2) is 0 Å². The van der Waals surface area contributed by atoms with Gasteiger partial charge in [-0.1, -0.05) is 12.1 Å². The average molecular weight is 378 g/mol. The summed E-state index contributed by atoms with van der Waals surface area (Å²) >= 11 is 0. The Kier molecular flexibility index (Phi) is 5.25. The summed E-state index contributed by atoms with van der Waals surface area (Å²) in [6, 6.07) is 9.78. The Morgan fingerprint density at radius 3 is 2.61 bits per heavy atom. The maximum atomic E-state index is 12.9. The van der Waals surface area contributed by atoms with Gasteiger partial charge < -0.3 is 4.90 Å². The molecule has 0 radical (unpaired) electrons. The summed E-state index contributed by atoms with van der Waals surface area (Å²) in [4.78, 5) is 17.3. The van der Waals surface area contributed by atoms with Crippen LogP contribution in [0.5, 0.6) is 0 Å². The van der Waals surface area contributed by atoms with E-state index < -0.39 is 0 Å². The van der Waals surface area contributed by atoms with Crippen molar-refractivity contribution in [3.63, 3.8) is 0 Å². The van der Waals surface area contributed by atoms with Crippen LogP contribution in [0.2, 0.25) is 0 Å². The summed E-state index contributed by atoms with van der Waals surface area (Å²) in [5.41, 5.74) is 4.17. The normalized spacial score (nSPS) is 15.1. The van der Waals surface area contributed by atoms with E-state index in [1.54, 1.807) is 6.20 Å². The minimum atomic E-state index is 0.111. The molecule has 1 fully saturated rings. The van der Waals surface area contributed by atoms with E-state index in [9.17, 15) is 4.79 Å². The highest BCUT2D eigenvalue weighted by molar-refractivity contribution is 5.94. The molecule has 7 heteroatoms. The van der Waals surface area contributed by atoms with Gasteiger partial charge in [-0.3, -0.25) is 19.1 Å². The fourth-order valence-electron chi connectivity index (χ4n) is 3.72. The molecule has 2 aromatic heterocycles. The van der Waals surface area contributed by atoms with Crippen LogP contribution >= 0.6 is 0 Å². The zero-order valence-electron chi connectivity index (χ0n) is 16.5. The standard InChI is InChI=1S/C21H26N6O/c1-17-20(15-24(2)23-17)16-25-9-11-26(12-10-25)21(28)19-6-3-5-18(13-19)14-27-8-4-7-22-27/h3-8,13,15H,9-12,14,16H2,1-2H3. The summed E-state index contributed by atoms with van der Waals surface area (Å²) in [6.07, 6.45) is 5.77. The van der Waals surface area contributed by atoms with Gasteiger partial charge in [-0.05, 0) is 30.7 Å². The zero-order chi connectivity index (χ0) is 19.5. The van der Waals surface area contributed by atoms with Gasteiger partial charge in [-0.2, -0.15) is 10.2 Å². The number of hydrogen-bond donors (Lipinski definition) is 0. The number of nitrogens with zero attached hydrogens (tertiary/aromatic N) is 6. The van der Waals surface area contributed by atoms with E-state index in [1.165, 1.54) is 5.56 Å². The quantitative estimate of drug-likeness (QED) is 0.681. The molecule has 3 heterocycles. The minimum Gasteiger partial charge on any atom is -0.336 e. The van der Waals surface area contributed by atoms with Crippen molar-refractivity contribution in [2.45, 2.75) is 20.0 Å². The van der Waals surface area contributed by atoms with Crippen molar-refractivity contribution in [3.05, 3.63) is 71.3 Å². The van der Waals surface area contributed by atoms with Gasteiger partial charge in [0.25, 0.3) is 5.91 Å². The van der Waals surface area contributed by atoms with Crippen molar-refractivity contribution in [2.24, 2.45) is 7.05 Å². The zero-order valence-corrected chi connectivity index (χ0v) is 16.5. The molecule has 0 atom stereocenters.